The minimum Gasteiger partial charge on any atom is -0.496 e. The van der Waals surface area contributed by atoms with Crippen molar-refractivity contribution < 1.29 is 19.1 Å². The molecular weight excluding hydrogens is 360 g/mol. The van der Waals surface area contributed by atoms with E-state index >= 15 is 0 Å². The Balaban J connectivity index is 1.89. The lowest BCUT2D eigenvalue weighted by atomic mass is 10.1. The molecule has 28 heavy (non-hydrogen) atoms. The number of nitrogens with zero attached hydrogens (tertiary/aromatic N) is 3. The number of carbonyl (C=O) groups excluding carboxylic acids is 2. The molecule has 1 aromatic carbocycles. The summed E-state index contributed by atoms with van der Waals surface area (Å²) in [6.07, 6.45) is 0.108. The predicted octanol–water partition coefficient (Wildman–Crippen LogP) is 2.76. The molecule has 8 nitrogen and oxygen atoms in total. The number of ether oxygens (including phenoxy) is 2. The van der Waals surface area contributed by atoms with Crippen molar-refractivity contribution in [1.29, 1.82) is 0 Å². The van der Waals surface area contributed by atoms with E-state index in [1.807, 2.05) is 33.8 Å². The number of benzene rings is 1. The van der Waals surface area contributed by atoms with Gasteiger partial charge in [-0.25, -0.2) is 4.79 Å². The molecular formula is C20H26N4O4. The number of aryl methyl sites for hydroxylation is 1. The molecule has 2 N–H and O–H groups in total. The third kappa shape index (κ3) is 3.81. The molecule has 2 heterocycles. The van der Waals surface area contributed by atoms with Crippen LogP contribution < -0.4 is 10.5 Å². The molecule has 0 saturated heterocycles. The smallest absolute Gasteiger partial charge is 0.410 e. The van der Waals surface area contributed by atoms with Crippen LogP contribution in [0.3, 0.4) is 0 Å². The van der Waals surface area contributed by atoms with E-state index in [1.54, 1.807) is 17.0 Å². The molecule has 1 aliphatic heterocycles. The number of aromatic nitrogens is 2. The number of hydrogen-bond acceptors (Lipinski definition) is 6. The second-order valence-electron chi connectivity index (χ2n) is 7.88. The molecule has 0 radical (unpaired) electrons. The van der Waals surface area contributed by atoms with Gasteiger partial charge in [-0.05, 0) is 46.2 Å². The van der Waals surface area contributed by atoms with Crippen LogP contribution >= 0.6 is 0 Å². The first-order chi connectivity index (χ1) is 13.1. The largest absolute Gasteiger partial charge is 0.496 e. The van der Waals surface area contributed by atoms with Gasteiger partial charge in [-0.3, -0.25) is 4.79 Å². The van der Waals surface area contributed by atoms with Gasteiger partial charge in [0, 0.05) is 12.1 Å². The van der Waals surface area contributed by atoms with Crippen molar-refractivity contribution in [2.75, 3.05) is 19.4 Å². The van der Waals surface area contributed by atoms with Crippen molar-refractivity contribution in [3.8, 4) is 5.75 Å². The van der Waals surface area contributed by atoms with Crippen LogP contribution in [0.1, 0.15) is 48.0 Å². The number of rotatable bonds is 2. The van der Waals surface area contributed by atoms with E-state index in [0.717, 1.165) is 11.1 Å². The van der Waals surface area contributed by atoms with E-state index in [4.69, 9.17) is 15.2 Å². The van der Waals surface area contributed by atoms with Crippen LogP contribution in [-0.4, -0.2) is 45.9 Å². The fourth-order valence-electron chi connectivity index (χ4n) is 3.16. The Morgan fingerprint density at radius 3 is 2.61 bits per heavy atom. The van der Waals surface area contributed by atoms with Gasteiger partial charge in [0.15, 0.2) is 0 Å². The van der Waals surface area contributed by atoms with Crippen molar-refractivity contribution in [2.45, 2.75) is 46.3 Å². The maximum atomic E-state index is 13.1. The highest BCUT2D eigenvalue weighted by Crippen LogP contribution is 2.28. The van der Waals surface area contributed by atoms with E-state index in [0.29, 0.717) is 35.8 Å². The second kappa shape index (κ2) is 7.18. The summed E-state index contributed by atoms with van der Waals surface area (Å²) in [5.74, 6) is 0.391. The van der Waals surface area contributed by atoms with Crippen LogP contribution in [0.15, 0.2) is 18.2 Å². The molecule has 1 aromatic heterocycles. The minimum atomic E-state index is -0.576. The second-order valence-corrected chi connectivity index (χ2v) is 7.88. The van der Waals surface area contributed by atoms with Crippen LogP contribution in [0, 0.1) is 6.92 Å². The average Bonchev–Trinajstić information content (AvgIpc) is 2.95. The number of methoxy groups -OCH3 is 1. The van der Waals surface area contributed by atoms with Crippen LogP contribution in [-0.2, 0) is 17.7 Å². The minimum absolute atomic E-state index is 0.250. The van der Waals surface area contributed by atoms with Crippen LogP contribution in [0.4, 0.5) is 10.6 Å². The highest BCUT2D eigenvalue weighted by atomic mass is 16.6. The predicted molar refractivity (Wildman–Crippen MR) is 104 cm³/mol. The average molecular weight is 386 g/mol. The standard InChI is InChI=1S/C20H26N4O4/c1-12-6-7-16(27-5)14(10-12)18(25)24-17(21)13-8-9-23(11-15(13)22-24)19(26)28-20(2,3)4/h6-7,10H,8-9,11,21H2,1-5H3. The molecule has 2 aromatic rings. The monoisotopic (exact) mass is 386 g/mol. The first kappa shape index (κ1) is 19.7. The molecule has 0 unspecified atom stereocenters. The van der Waals surface area contributed by atoms with Gasteiger partial charge in [-0.2, -0.15) is 9.78 Å². The van der Waals surface area contributed by atoms with Gasteiger partial charge >= 0.3 is 6.09 Å². The van der Waals surface area contributed by atoms with E-state index in [2.05, 4.69) is 5.10 Å². The molecule has 0 saturated carbocycles. The number of anilines is 1. The fourth-order valence-corrected chi connectivity index (χ4v) is 3.16. The molecule has 1 amide bonds. The molecule has 8 heteroatoms. The summed E-state index contributed by atoms with van der Waals surface area (Å²) in [5.41, 5.74) is 8.35. The van der Waals surface area contributed by atoms with E-state index in [1.165, 1.54) is 11.8 Å². The van der Waals surface area contributed by atoms with Crippen LogP contribution in [0.5, 0.6) is 5.75 Å². The Labute approximate surface area is 164 Å². The molecule has 0 bridgehead atoms. The molecule has 1 aliphatic rings. The van der Waals surface area contributed by atoms with Gasteiger partial charge in [-0.15, -0.1) is 0 Å². The van der Waals surface area contributed by atoms with E-state index in [9.17, 15) is 9.59 Å². The molecule has 0 aliphatic carbocycles. The summed E-state index contributed by atoms with van der Waals surface area (Å²) < 4.78 is 11.9. The molecule has 0 spiro atoms. The van der Waals surface area contributed by atoms with Crippen molar-refractivity contribution in [2.24, 2.45) is 0 Å². The maximum absolute atomic E-state index is 13.1. The Morgan fingerprint density at radius 1 is 1.25 bits per heavy atom. The highest BCUT2D eigenvalue weighted by Gasteiger charge is 2.31. The van der Waals surface area contributed by atoms with Gasteiger partial charge in [0.2, 0.25) is 0 Å². The third-order valence-electron chi connectivity index (χ3n) is 4.51. The number of fused-ring (bicyclic) bond motifs is 1. The number of carbonyl (C=O) groups is 2. The molecule has 3 rings (SSSR count). The Hall–Kier alpha value is -3.03. The first-order valence-corrected chi connectivity index (χ1v) is 9.14. The van der Waals surface area contributed by atoms with Crippen molar-refractivity contribution >= 4 is 17.8 Å². The topological polar surface area (TPSA) is 99.7 Å². The summed E-state index contributed by atoms with van der Waals surface area (Å²) >= 11 is 0. The summed E-state index contributed by atoms with van der Waals surface area (Å²) in [5, 5.41) is 4.40. The lowest BCUT2D eigenvalue weighted by molar-refractivity contribution is 0.0221. The molecule has 0 fully saturated rings. The summed E-state index contributed by atoms with van der Waals surface area (Å²) in [6, 6.07) is 5.35. The third-order valence-corrected chi connectivity index (χ3v) is 4.51. The normalized spacial score (nSPS) is 13.8. The zero-order chi connectivity index (χ0) is 20.6. The van der Waals surface area contributed by atoms with Gasteiger partial charge in [0.1, 0.15) is 17.2 Å². The van der Waals surface area contributed by atoms with Gasteiger partial charge in [0.25, 0.3) is 5.91 Å². The van der Waals surface area contributed by atoms with Crippen molar-refractivity contribution in [3.63, 3.8) is 0 Å². The zero-order valence-electron chi connectivity index (χ0n) is 16.9. The number of nitrogens with two attached hydrogens (primary N) is 1. The van der Waals surface area contributed by atoms with Gasteiger partial charge in [-0.1, -0.05) is 11.6 Å². The Kier molecular flexibility index (Phi) is 5.06. The van der Waals surface area contributed by atoms with Crippen LogP contribution in [0.2, 0.25) is 0 Å². The Morgan fingerprint density at radius 2 is 1.96 bits per heavy atom. The number of amides is 1. The van der Waals surface area contributed by atoms with E-state index < -0.39 is 11.7 Å². The maximum Gasteiger partial charge on any atom is 0.410 e. The van der Waals surface area contributed by atoms with Crippen LogP contribution in [0.25, 0.3) is 0 Å². The SMILES string of the molecule is COc1ccc(C)cc1C(=O)n1nc2c(c1N)CCN(C(=O)OC(C)(C)C)C2. The lowest BCUT2D eigenvalue weighted by Gasteiger charge is -2.29. The quantitative estimate of drug-likeness (QED) is 0.852. The van der Waals surface area contributed by atoms with Crippen molar-refractivity contribution in [3.05, 3.63) is 40.6 Å². The number of nitrogen functional groups attached to an aromatic ring is 1. The summed E-state index contributed by atoms with van der Waals surface area (Å²) in [6.45, 7) is 8.06. The fraction of sp³-hybridized carbons (Fsp3) is 0.450. The zero-order valence-corrected chi connectivity index (χ0v) is 16.9. The highest BCUT2D eigenvalue weighted by molar-refractivity contribution is 6.00. The van der Waals surface area contributed by atoms with E-state index in [-0.39, 0.29) is 12.5 Å². The Bertz CT molecular complexity index is 927. The summed E-state index contributed by atoms with van der Waals surface area (Å²) in [7, 11) is 1.51. The summed E-state index contributed by atoms with van der Waals surface area (Å²) in [4.78, 5) is 27.0. The van der Waals surface area contributed by atoms with Gasteiger partial charge in [0.05, 0.1) is 24.9 Å². The molecule has 150 valence electrons. The lowest BCUT2D eigenvalue weighted by Crippen LogP contribution is -2.39. The first-order valence-electron chi connectivity index (χ1n) is 9.14. The molecule has 0 atom stereocenters. The van der Waals surface area contributed by atoms with Gasteiger partial charge < -0.3 is 20.1 Å². The van der Waals surface area contributed by atoms with Crippen molar-refractivity contribution in [1.82, 2.24) is 14.7 Å². The number of hydrogen-bond donors (Lipinski definition) is 1.